The molecule has 10 nitrogen and oxygen atoms in total. The number of carboxylic acid groups (broad SMARTS) is 1. The third-order valence-electron chi connectivity index (χ3n) is 9.45. The maximum atomic E-state index is 12.6. The number of hydrogen-bond acceptors (Lipinski definition) is 8. The molecule has 0 aromatic carbocycles. The van der Waals surface area contributed by atoms with Crippen LogP contribution in [0.3, 0.4) is 0 Å². The highest BCUT2D eigenvalue weighted by atomic mass is 31.2. The molecule has 0 saturated heterocycles. The van der Waals surface area contributed by atoms with Gasteiger partial charge in [0, 0.05) is 13.0 Å². The Kier molecular flexibility index (Phi) is 38.5. The molecule has 0 aromatic heterocycles. The van der Waals surface area contributed by atoms with Crippen molar-refractivity contribution in [2.24, 2.45) is 5.73 Å². The summed E-state index contributed by atoms with van der Waals surface area (Å²) in [6, 6.07) is -1.47. The highest BCUT2D eigenvalue weighted by Crippen LogP contribution is 2.43. The summed E-state index contributed by atoms with van der Waals surface area (Å²) in [7, 11) is -4.62. The van der Waals surface area contributed by atoms with Crippen LogP contribution in [0.4, 0.5) is 0 Å². The molecule has 0 heterocycles. The fourth-order valence-electron chi connectivity index (χ4n) is 6.00. The molecule has 3 atom stereocenters. The van der Waals surface area contributed by atoms with Crippen LogP contribution >= 0.6 is 7.82 Å². The molecular weight excluding hydrogens is 705 g/mol. The molecule has 0 saturated carbocycles. The fourth-order valence-corrected chi connectivity index (χ4v) is 6.78. The number of allylic oxidation sites excluding steroid dienone is 4. The quantitative estimate of drug-likeness (QED) is 0.0236. The molecular formula is C43H82NO9P. The molecule has 0 aliphatic rings. The Morgan fingerprint density at radius 2 is 0.963 bits per heavy atom. The second-order valence-corrected chi connectivity index (χ2v) is 16.3. The van der Waals surface area contributed by atoms with Gasteiger partial charge in [-0.1, -0.05) is 154 Å². The standard InChI is InChI=1S/C43H82NO9P/c1-3-5-7-9-11-13-15-17-19-21-23-25-27-29-31-33-35-42(45)53-40(38-51-54(48,49)52-39-41(44)43(46)47)37-50-36-34-32-30-28-26-24-22-20-18-16-14-12-10-8-6-4-2/h18-21,40-41H,3-17,22-39,44H2,1-2H3,(H,46,47)(H,48,49)/b20-18-,21-19-. The van der Waals surface area contributed by atoms with E-state index in [0.29, 0.717) is 13.0 Å². The number of phosphoric acid groups is 1. The summed E-state index contributed by atoms with van der Waals surface area (Å²) in [6.45, 7) is 3.86. The second-order valence-electron chi connectivity index (χ2n) is 14.8. The van der Waals surface area contributed by atoms with E-state index in [1.54, 1.807) is 0 Å². The first-order valence-corrected chi connectivity index (χ1v) is 23.4. The van der Waals surface area contributed by atoms with Gasteiger partial charge >= 0.3 is 19.8 Å². The molecule has 0 fully saturated rings. The molecule has 0 radical (unpaired) electrons. The summed E-state index contributed by atoms with van der Waals surface area (Å²) in [6.07, 6.45) is 42.2. The van der Waals surface area contributed by atoms with Crippen molar-refractivity contribution in [3.8, 4) is 0 Å². The molecule has 54 heavy (non-hydrogen) atoms. The number of unbranched alkanes of at least 4 members (excludes halogenated alkanes) is 24. The molecule has 318 valence electrons. The Balaban J connectivity index is 4.25. The van der Waals surface area contributed by atoms with E-state index in [1.807, 2.05) is 0 Å². The maximum absolute atomic E-state index is 12.6. The minimum Gasteiger partial charge on any atom is -0.480 e. The molecule has 4 N–H and O–H groups in total. The first-order valence-electron chi connectivity index (χ1n) is 21.9. The van der Waals surface area contributed by atoms with Gasteiger partial charge < -0.3 is 25.2 Å². The van der Waals surface area contributed by atoms with Crippen LogP contribution in [0.5, 0.6) is 0 Å². The number of rotatable bonds is 42. The van der Waals surface area contributed by atoms with Crippen molar-refractivity contribution < 1.29 is 42.7 Å². The number of nitrogens with two attached hydrogens (primary N) is 1. The van der Waals surface area contributed by atoms with E-state index in [0.717, 1.165) is 57.8 Å². The Bertz CT molecular complexity index is 961. The molecule has 11 heteroatoms. The SMILES string of the molecule is CCCCCCCC/C=C\CCCCCCCCOCC(COP(=O)(O)OCC(N)C(=O)O)OC(=O)CCCCCCC/C=C\CCCCCCCCC. The van der Waals surface area contributed by atoms with E-state index < -0.39 is 45.1 Å². The van der Waals surface area contributed by atoms with E-state index in [-0.39, 0.29) is 13.0 Å². The summed E-state index contributed by atoms with van der Waals surface area (Å²) >= 11 is 0. The predicted octanol–water partition coefficient (Wildman–Crippen LogP) is 11.9. The van der Waals surface area contributed by atoms with E-state index in [2.05, 4.69) is 38.2 Å². The summed E-state index contributed by atoms with van der Waals surface area (Å²) in [5, 5.41) is 8.89. The Hall–Kier alpha value is -1.55. The lowest BCUT2D eigenvalue weighted by Gasteiger charge is -2.20. The number of phosphoric ester groups is 1. The maximum Gasteiger partial charge on any atom is 0.472 e. The number of ether oxygens (including phenoxy) is 2. The van der Waals surface area contributed by atoms with Crippen LogP contribution < -0.4 is 5.73 Å². The van der Waals surface area contributed by atoms with Gasteiger partial charge in [-0.2, -0.15) is 0 Å². The topological polar surface area (TPSA) is 155 Å². The highest BCUT2D eigenvalue weighted by molar-refractivity contribution is 7.47. The van der Waals surface area contributed by atoms with Crippen molar-refractivity contribution in [2.75, 3.05) is 26.4 Å². The molecule has 0 amide bonds. The van der Waals surface area contributed by atoms with Crippen molar-refractivity contribution in [1.29, 1.82) is 0 Å². The van der Waals surface area contributed by atoms with Crippen molar-refractivity contribution in [3.05, 3.63) is 24.3 Å². The van der Waals surface area contributed by atoms with Crippen molar-refractivity contribution >= 4 is 19.8 Å². The average molecular weight is 788 g/mol. The van der Waals surface area contributed by atoms with Gasteiger partial charge in [0.25, 0.3) is 0 Å². The van der Waals surface area contributed by atoms with Crippen LogP contribution in [-0.2, 0) is 32.7 Å². The highest BCUT2D eigenvalue weighted by Gasteiger charge is 2.27. The number of carbonyl (C=O) groups excluding carboxylic acids is 1. The Morgan fingerprint density at radius 3 is 1.41 bits per heavy atom. The summed E-state index contributed by atoms with van der Waals surface area (Å²) in [5.41, 5.74) is 5.35. The molecule has 3 unspecified atom stereocenters. The number of esters is 1. The van der Waals surface area contributed by atoms with Crippen LogP contribution in [0.1, 0.15) is 200 Å². The third kappa shape index (κ3) is 38.7. The Labute approximate surface area is 330 Å². The van der Waals surface area contributed by atoms with Gasteiger partial charge in [0.05, 0.1) is 19.8 Å². The summed E-state index contributed by atoms with van der Waals surface area (Å²) in [4.78, 5) is 33.5. The van der Waals surface area contributed by atoms with Crippen LogP contribution in [0.15, 0.2) is 24.3 Å². The van der Waals surface area contributed by atoms with Gasteiger partial charge in [0.1, 0.15) is 12.1 Å². The van der Waals surface area contributed by atoms with Gasteiger partial charge in [-0.05, 0) is 64.2 Å². The first-order chi connectivity index (χ1) is 26.2. The zero-order valence-corrected chi connectivity index (χ0v) is 35.5. The average Bonchev–Trinajstić information content (AvgIpc) is 3.15. The molecule has 0 rings (SSSR count). The lowest BCUT2D eigenvalue weighted by Crippen LogP contribution is -2.34. The van der Waals surface area contributed by atoms with E-state index in [4.69, 9.17) is 29.4 Å². The van der Waals surface area contributed by atoms with E-state index in [9.17, 15) is 19.0 Å². The van der Waals surface area contributed by atoms with Crippen LogP contribution in [0.2, 0.25) is 0 Å². The summed E-state index contributed by atoms with van der Waals surface area (Å²) < 4.78 is 33.3. The van der Waals surface area contributed by atoms with Crippen molar-refractivity contribution in [1.82, 2.24) is 0 Å². The second kappa shape index (κ2) is 39.7. The first kappa shape index (κ1) is 52.5. The normalized spacial score (nSPS) is 14.1. The lowest BCUT2D eigenvalue weighted by molar-refractivity contribution is -0.154. The number of carboxylic acids is 1. The third-order valence-corrected chi connectivity index (χ3v) is 10.4. The largest absolute Gasteiger partial charge is 0.480 e. The minimum atomic E-state index is -4.62. The van der Waals surface area contributed by atoms with Crippen LogP contribution in [-0.4, -0.2) is 60.5 Å². The monoisotopic (exact) mass is 788 g/mol. The predicted molar refractivity (Wildman–Crippen MR) is 222 cm³/mol. The van der Waals surface area contributed by atoms with Gasteiger partial charge in [-0.25, -0.2) is 4.57 Å². The fraction of sp³-hybridized carbons (Fsp3) is 0.860. The molecule has 0 aliphatic carbocycles. The van der Waals surface area contributed by atoms with Crippen LogP contribution in [0, 0.1) is 0 Å². The van der Waals surface area contributed by atoms with Crippen molar-refractivity contribution in [2.45, 2.75) is 212 Å². The zero-order chi connectivity index (χ0) is 39.8. The lowest BCUT2D eigenvalue weighted by atomic mass is 10.1. The van der Waals surface area contributed by atoms with Gasteiger partial charge in [-0.15, -0.1) is 0 Å². The van der Waals surface area contributed by atoms with Crippen molar-refractivity contribution in [3.63, 3.8) is 0 Å². The molecule has 0 spiro atoms. The van der Waals surface area contributed by atoms with E-state index in [1.165, 1.54) is 116 Å². The van der Waals surface area contributed by atoms with Crippen LogP contribution in [0.25, 0.3) is 0 Å². The van der Waals surface area contributed by atoms with Gasteiger partial charge in [0.2, 0.25) is 0 Å². The van der Waals surface area contributed by atoms with Gasteiger partial charge in [0.15, 0.2) is 0 Å². The van der Waals surface area contributed by atoms with Gasteiger partial charge in [-0.3, -0.25) is 18.6 Å². The molecule has 0 aliphatic heterocycles. The smallest absolute Gasteiger partial charge is 0.472 e. The zero-order valence-electron chi connectivity index (χ0n) is 34.6. The number of carbonyl (C=O) groups is 2. The summed E-state index contributed by atoms with van der Waals surface area (Å²) in [5.74, 6) is -1.79. The molecule has 0 aromatic rings. The number of hydrogen-bond donors (Lipinski definition) is 3. The minimum absolute atomic E-state index is 0.0118. The van der Waals surface area contributed by atoms with E-state index >= 15 is 0 Å². The number of aliphatic carboxylic acids is 1. The Morgan fingerprint density at radius 1 is 0.574 bits per heavy atom. The molecule has 0 bridgehead atoms.